The van der Waals surface area contributed by atoms with Crippen LogP contribution in [0.1, 0.15) is 39.2 Å². The van der Waals surface area contributed by atoms with Crippen molar-refractivity contribution in [2.45, 2.75) is 39.7 Å². The van der Waals surface area contributed by atoms with Gasteiger partial charge in [0.15, 0.2) is 0 Å². The van der Waals surface area contributed by atoms with Crippen LogP contribution < -0.4 is 4.74 Å². The van der Waals surface area contributed by atoms with Crippen LogP contribution in [0.4, 0.5) is 0 Å². The molecule has 1 unspecified atom stereocenters. The quantitative estimate of drug-likeness (QED) is 0.606. The Bertz CT molecular complexity index is 858. The Morgan fingerprint density at radius 2 is 1.75 bits per heavy atom. The van der Waals surface area contributed by atoms with E-state index in [1.54, 1.807) is 0 Å². The van der Waals surface area contributed by atoms with Crippen molar-refractivity contribution in [1.82, 2.24) is 14.7 Å². The highest BCUT2D eigenvalue weighted by Crippen LogP contribution is 2.34. The third kappa shape index (κ3) is 4.99. The predicted molar refractivity (Wildman–Crippen MR) is 123 cm³/mol. The van der Waals surface area contributed by atoms with Gasteiger partial charge in [-0.05, 0) is 50.3 Å². The fourth-order valence-corrected chi connectivity index (χ4v) is 4.75. The average molecular weight is 442 g/mol. The summed E-state index contributed by atoms with van der Waals surface area (Å²) >= 11 is 0. The number of hydrogen-bond acceptors (Lipinski definition) is 6. The lowest BCUT2D eigenvalue weighted by Gasteiger charge is -2.33. The van der Waals surface area contributed by atoms with Gasteiger partial charge in [-0.1, -0.05) is 19.1 Å². The second-order valence-corrected chi connectivity index (χ2v) is 9.32. The van der Waals surface area contributed by atoms with Crippen LogP contribution in [0.25, 0.3) is 5.57 Å². The van der Waals surface area contributed by atoms with E-state index in [1.165, 1.54) is 4.90 Å². The molecule has 4 rings (SSSR count). The van der Waals surface area contributed by atoms with Gasteiger partial charge in [0.1, 0.15) is 11.4 Å². The van der Waals surface area contributed by atoms with Crippen LogP contribution in [0.3, 0.4) is 0 Å². The molecule has 0 aliphatic carbocycles. The third-order valence-electron chi connectivity index (χ3n) is 6.38. The van der Waals surface area contributed by atoms with E-state index in [0.29, 0.717) is 43.5 Å². The van der Waals surface area contributed by atoms with Crippen LogP contribution in [0.15, 0.2) is 30.0 Å². The van der Waals surface area contributed by atoms with Crippen LogP contribution in [-0.4, -0.2) is 85.1 Å². The van der Waals surface area contributed by atoms with Gasteiger partial charge in [-0.2, -0.15) is 0 Å². The van der Waals surface area contributed by atoms with Crippen LogP contribution in [0.2, 0.25) is 0 Å². The maximum Gasteiger partial charge on any atom is 0.277 e. The van der Waals surface area contributed by atoms with Crippen LogP contribution >= 0.6 is 0 Å². The molecule has 0 spiro atoms. The average Bonchev–Trinajstić information content (AvgIpc) is 3.03. The lowest BCUT2D eigenvalue weighted by molar-refractivity contribution is -0.138. The first kappa shape index (κ1) is 22.8. The van der Waals surface area contributed by atoms with E-state index in [0.717, 1.165) is 50.3 Å². The maximum atomic E-state index is 13.5. The number of carbonyl (C=O) groups is 2. The Morgan fingerprint density at radius 3 is 2.41 bits per heavy atom. The zero-order valence-electron chi connectivity index (χ0n) is 19.5. The largest absolute Gasteiger partial charge is 0.491 e. The number of imide groups is 1. The Balaban J connectivity index is 1.60. The monoisotopic (exact) mass is 441 g/mol. The number of carbonyl (C=O) groups excluding carboxylic acids is 2. The summed E-state index contributed by atoms with van der Waals surface area (Å²) in [4.78, 5) is 32.9. The fraction of sp³-hybridized carbons (Fsp3) is 0.600. The first-order valence-electron chi connectivity index (χ1n) is 11.9. The zero-order valence-corrected chi connectivity index (χ0v) is 19.5. The number of ether oxygens (including phenoxy) is 2. The summed E-state index contributed by atoms with van der Waals surface area (Å²) in [6.45, 7) is 12.0. The Hall–Kier alpha value is -2.38. The molecule has 2 amide bonds. The minimum absolute atomic E-state index is 0.0795. The molecule has 3 aliphatic heterocycles. The fourth-order valence-electron chi connectivity index (χ4n) is 4.75. The number of benzene rings is 1. The molecule has 174 valence electrons. The molecular formula is C25H35N3O4. The lowest BCUT2D eigenvalue weighted by atomic mass is 9.97. The molecule has 1 aromatic carbocycles. The van der Waals surface area contributed by atoms with Crippen molar-refractivity contribution in [3.8, 4) is 5.75 Å². The number of amides is 2. The number of rotatable bonds is 7. The van der Waals surface area contributed by atoms with Gasteiger partial charge in [0, 0.05) is 39.3 Å². The SMILES string of the molecule is CC1CCCN(C2=C(c3ccc(OC(C)C)cc3)C(=O)N(CCN3CCOCC3)C2=O)C1. The van der Waals surface area contributed by atoms with Crippen molar-refractivity contribution < 1.29 is 19.1 Å². The van der Waals surface area contributed by atoms with Gasteiger partial charge in [-0.15, -0.1) is 0 Å². The topological polar surface area (TPSA) is 62.3 Å². The first-order chi connectivity index (χ1) is 15.4. The summed E-state index contributed by atoms with van der Waals surface area (Å²) in [6.07, 6.45) is 2.27. The second-order valence-electron chi connectivity index (χ2n) is 9.32. The van der Waals surface area contributed by atoms with Gasteiger partial charge in [-0.25, -0.2) is 0 Å². The van der Waals surface area contributed by atoms with Crippen molar-refractivity contribution >= 4 is 17.4 Å². The molecule has 0 radical (unpaired) electrons. The van der Waals surface area contributed by atoms with Gasteiger partial charge in [0.05, 0.1) is 24.9 Å². The van der Waals surface area contributed by atoms with Crippen molar-refractivity contribution in [1.29, 1.82) is 0 Å². The second kappa shape index (κ2) is 10.0. The minimum atomic E-state index is -0.186. The molecule has 7 nitrogen and oxygen atoms in total. The molecule has 2 fully saturated rings. The van der Waals surface area contributed by atoms with E-state index < -0.39 is 0 Å². The van der Waals surface area contributed by atoms with Crippen LogP contribution in [-0.2, 0) is 14.3 Å². The molecule has 32 heavy (non-hydrogen) atoms. The lowest BCUT2D eigenvalue weighted by Crippen LogP contribution is -2.44. The van der Waals surface area contributed by atoms with Crippen molar-refractivity contribution in [3.63, 3.8) is 0 Å². The van der Waals surface area contributed by atoms with Crippen LogP contribution in [0.5, 0.6) is 5.75 Å². The zero-order chi connectivity index (χ0) is 22.7. The first-order valence-corrected chi connectivity index (χ1v) is 11.9. The van der Waals surface area contributed by atoms with Gasteiger partial charge < -0.3 is 14.4 Å². The highest BCUT2D eigenvalue weighted by atomic mass is 16.5. The molecule has 7 heteroatoms. The summed E-state index contributed by atoms with van der Waals surface area (Å²) in [5.41, 5.74) is 1.88. The van der Waals surface area contributed by atoms with Crippen molar-refractivity contribution in [3.05, 3.63) is 35.5 Å². The standard InChI is InChI=1S/C25H35N3O4/c1-18(2)32-21-8-6-20(7-9-21)22-23(27-10-4-5-19(3)17-27)25(30)28(24(22)29)12-11-26-13-15-31-16-14-26/h6-9,18-19H,4-5,10-17H2,1-3H3. The maximum absolute atomic E-state index is 13.5. The van der Waals surface area contributed by atoms with E-state index in [1.807, 2.05) is 38.1 Å². The number of likely N-dealkylation sites (tertiary alicyclic amines) is 1. The molecule has 3 aliphatic rings. The molecule has 0 bridgehead atoms. The van der Waals surface area contributed by atoms with Crippen molar-refractivity contribution in [2.75, 3.05) is 52.5 Å². The van der Waals surface area contributed by atoms with E-state index in [2.05, 4.69) is 16.7 Å². The molecule has 3 heterocycles. The number of piperidine rings is 1. The number of hydrogen-bond donors (Lipinski definition) is 0. The highest BCUT2D eigenvalue weighted by molar-refractivity contribution is 6.35. The third-order valence-corrected chi connectivity index (χ3v) is 6.38. The van der Waals surface area contributed by atoms with Gasteiger partial charge in [-0.3, -0.25) is 19.4 Å². The molecule has 2 saturated heterocycles. The summed E-state index contributed by atoms with van der Waals surface area (Å²) in [7, 11) is 0. The minimum Gasteiger partial charge on any atom is -0.491 e. The Morgan fingerprint density at radius 1 is 1.03 bits per heavy atom. The molecule has 1 atom stereocenters. The van der Waals surface area contributed by atoms with Gasteiger partial charge in [0.2, 0.25) is 0 Å². The summed E-state index contributed by atoms with van der Waals surface area (Å²) in [6, 6.07) is 7.56. The molecule has 0 saturated carbocycles. The molecule has 0 aromatic heterocycles. The summed E-state index contributed by atoms with van der Waals surface area (Å²) < 4.78 is 11.2. The number of morpholine rings is 1. The summed E-state index contributed by atoms with van der Waals surface area (Å²) in [5.74, 6) is 0.923. The molecular weight excluding hydrogens is 406 g/mol. The number of nitrogens with zero attached hydrogens (tertiary/aromatic N) is 3. The summed E-state index contributed by atoms with van der Waals surface area (Å²) in [5, 5.41) is 0. The van der Waals surface area contributed by atoms with Gasteiger partial charge >= 0.3 is 0 Å². The molecule has 0 N–H and O–H groups in total. The predicted octanol–water partition coefficient (Wildman–Crippen LogP) is 2.62. The van der Waals surface area contributed by atoms with E-state index in [9.17, 15) is 9.59 Å². The Kier molecular flexibility index (Phi) is 7.16. The van der Waals surface area contributed by atoms with Crippen molar-refractivity contribution in [2.24, 2.45) is 5.92 Å². The molecule has 1 aromatic rings. The van der Waals surface area contributed by atoms with Crippen LogP contribution in [0, 0.1) is 5.92 Å². The Labute approximate surface area is 190 Å². The van der Waals surface area contributed by atoms with E-state index >= 15 is 0 Å². The van der Waals surface area contributed by atoms with E-state index in [4.69, 9.17) is 9.47 Å². The smallest absolute Gasteiger partial charge is 0.277 e. The van der Waals surface area contributed by atoms with E-state index in [-0.39, 0.29) is 17.9 Å². The normalized spacial score (nSPS) is 22.9. The highest BCUT2D eigenvalue weighted by Gasteiger charge is 2.42. The van der Waals surface area contributed by atoms with Gasteiger partial charge in [0.25, 0.3) is 11.8 Å².